The second-order valence-corrected chi connectivity index (χ2v) is 6.71. The highest BCUT2D eigenvalue weighted by atomic mass is 32.1. The lowest BCUT2D eigenvalue weighted by Crippen LogP contribution is -2.52. The zero-order valence-electron chi connectivity index (χ0n) is 10.3. The van der Waals surface area contributed by atoms with Crippen LogP contribution in [0, 0.1) is 5.92 Å². The van der Waals surface area contributed by atoms with Crippen molar-refractivity contribution in [2.75, 3.05) is 0 Å². The van der Waals surface area contributed by atoms with E-state index < -0.39 is 0 Å². The summed E-state index contributed by atoms with van der Waals surface area (Å²) in [6, 6.07) is 2.99. The quantitative estimate of drug-likeness (QED) is 0.723. The molecule has 1 saturated carbocycles. The molecule has 0 amide bonds. The number of rotatable bonds is 0. The molecule has 0 unspecified atom stereocenters. The van der Waals surface area contributed by atoms with Crippen LogP contribution in [-0.4, -0.2) is 6.04 Å². The van der Waals surface area contributed by atoms with Gasteiger partial charge in [-0.15, -0.1) is 11.3 Å². The first-order chi connectivity index (χ1) is 7.70. The van der Waals surface area contributed by atoms with Crippen molar-refractivity contribution in [2.45, 2.75) is 57.5 Å². The molecule has 2 aliphatic rings. The van der Waals surface area contributed by atoms with E-state index in [2.05, 4.69) is 30.6 Å². The predicted molar refractivity (Wildman–Crippen MR) is 69.9 cm³/mol. The first-order valence-corrected chi connectivity index (χ1v) is 7.42. The summed E-state index contributed by atoms with van der Waals surface area (Å²) in [6.45, 7) is 4.73. The minimum absolute atomic E-state index is 0.341. The molecular formula is C14H21NS. The highest BCUT2D eigenvalue weighted by Crippen LogP contribution is 2.45. The molecule has 16 heavy (non-hydrogen) atoms. The van der Waals surface area contributed by atoms with Crippen LogP contribution < -0.4 is 5.32 Å². The van der Waals surface area contributed by atoms with Crippen molar-refractivity contribution < 1.29 is 0 Å². The van der Waals surface area contributed by atoms with Gasteiger partial charge in [-0.25, -0.2) is 0 Å². The molecular weight excluding hydrogens is 214 g/mol. The topological polar surface area (TPSA) is 12.0 Å². The maximum Gasteiger partial charge on any atom is 0.0533 e. The predicted octanol–water partition coefficient (Wildman–Crippen LogP) is 3.69. The van der Waals surface area contributed by atoms with Crippen LogP contribution in [0.5, 0.6) is 0 Å². The van der Waals surface area contributed by atoms with Gasteiger partial charge in [0.15, 0.2) is 0 Å². The van der Waals surface area contributed by atoms with Gasteiger partial charge in [-0.3, -0.25) is 0 Å². The maximum absolute atomic E-state index is 3.90. The van der Waals surface area contributed by atoms with E-state index in [0.717, 1.165) is 5.92 Å². The maximum atomic E-state index is 3.90. The normalized spacial score (nSPS) is 38.6. The lowest BCUT2D eigenvalue weighted by Gasteiger charge is -2.45. The number of thiophene rings is 1. The van der Waals surface area contributed by atoms with E-state index in [1.807, 2.05) is 11.3 Å². The van der Waals surface area contributed by atoms with Gasteiger partial charge in [0, 0.05) is 10.9 Å². The molecule has 3 rings (SSSR count). The molecule has 1 aromatic rings. The van der Waals surface area contributed by atoms with Gasteiger partial charge >= 0.3 is 0 Å². The summed E-state index contributed by atoms with van der Waals surface area (Å²) >= 11 is 1.97. The summed E-state index contributed by atoms with van der Waals surface area (Å²) in [4.78, 5) is 1.65. The third kappa shape index (κ3) is 1.63. The van der Waals surface area contributed by atoms with Gasteiger partial charge in [0.2, 0.25) is 0 Å². The first kappa shape index (κ1) is 10.8. The fourth-order valence-electron chi connectivity index (χ4n) is 3.46. The van der Waals surface area contributed by atoms with Gasteiger partial charge in [-0.1, -0.05) is 6.92 Å². The monoisotopic (exact) mass is 235 g/mol. The van der Waals surface area contributed by atoms with E-state index in [4.69, 9.17) is 0 Å². The number of nitrogens with one attached hydrogen (secondary N) is 1. The molecule has 1 fully saturated rings. The highest BCUT2D eigenvalue weighted by Gasteiger charge is 2.41. The van der Waals surface area contributed by atoms with Crippen LogP contribution in [0.25, 0.3) is 0 Å². The summed E-state index contributed by atoms with van der Waals surface area (Å²) in [7, 11) is 0. The Hall–Kier alpha value is -0.340. The smallest absolute Gasteiger partial charge is 0.0533 e. The molecule has 0 radical (unpaired) electrons. The molecule has 1 aliphatic carbocycles. The molecule has 88 valence electrons. The first-order valence-electron chi connectivity index (χ1n) is 6.54. The zero-order valence-corrected chi connectivity index (χ0v) is 11.1. The largest absolute Gasteiger partial charge is 0.304 e. The molecule has 1 aliphatic heterocycles. The van der Waals surface area contributed by atoms with Crippen LogP contribution >= 0.6 is 11.3 Å². The second-order valence-electron chi connectivity index (χ2n) is 5.79. The SMILES string of the molecule is CC1CCC2(CC1)N[C@H](C)Cc1ccsc12. The Labute approximate surface area is 102 Å². The summed E-state index contributed by atoms with van der Waals surface area (Å²) in [5.41, 5.74) is 1.96. The summed E-state index contributed by atoms with van der Waals surface area (Å²) in [5.74, 6) is 0.924. The average Bonchev–Trinajstić information content (AvgIpc) is 2.71. The van der Waals surface area contributed by atoms with Gasteiger partial charge in [0.25, 0.3) is 0 Å². The lowest BCUT2D eigenvalue weighted by atomic mass is 9.73. The van der Waals surface area contributed by atoms with Crippen LogP contribution in [0.15, 0.2) is 11.4 Å². The van der Waals surface area contributed by atoms with Crippen molar-refractivity contribution >= 4 is 11.3 Å². The molecule has 1 atom stereocenters. The van der Waals surface area contributed by atoms with Crippen molar-refractivity contribution in [1.29, 1.82) is 0 Å². The Morgan fingerprint density at radius 2 is 2.06 bits per heavy atom. The third-order valence-electron chi connectivity index (χ3n) is 4.36. The summed E-state index contributed by atoms with van der Waals surface area (Å²) < 4.78 is 0. The van der Waals surface area contributed by atoms with E-state index in [-0.39, 0.29) is 0 Å². The molecule has 1 spiro atoms. The average molecular weight is 235 g/mol. The van der Waals surface area contributed by atoms with Gasteiger partial charge in [0.05, 0.1) is 5.54 Å². The van der Waals surface area contributed by atoms with Crippen molar-refractivity contribution in [3.8, 4) is 0 Å². The molecule has 0 aromatic carbocycles. The summed E-state index contributed by atoms with van der Waals surface area (Å²) in [6.07, 6.45) is 6.67. The fourth-order valence-corrected chi connectivity index (χ4v) is 4.62. The molecule has 2 heterocycles. The van der Waals surface area contributed by atoms with Crippen LogP contribution in [-0.2, 0) is 12.0 Å². The highest BCUT2D eigenvalue weighted by molar-refractivity contribution is 7.10. The Morgan fingerprint density at radius 3 is 2.81 bits per heavy atom. The standard InChI is InChI=1S/C14H21NS/c1-10-3-6-14(7-4-10)13-12(5-8-16-13)9-11(2)15-14/h5,8,10-11,15H,3-4,6-7,9H2,1-2H3/t10?,11-,14?/m1/s1. The van der Waals surface area contributed by atoms with E-state index in [9.17, 15) is 0 Å². The van der Waals surface area contributed by atoms with Gasteiger partial charge in [-0.05, 0) is 62.0 Å². The number of hydrogen-bond donors (Lipinski definition) is 1. The molecule has 0 saturated heterocycles. The van der Waals surface area contributed by atoms with Crippen LogP contribution in [0.4, 0.5) is 0 Å². The van der Waals surface area contributed by atoms with Crippen molar-refractivity contribution in [1.82, 2.24) is 5.32 Å². The molecule has 1 N–H and O–H groups in total. The van der Waals surface area contributed by atoms with Crippen LogP contribution in [0.3, 0.4) is 0 Å². The van der Waals surface area contributed by atoms with Crippen LogP contribution in [0.2, 0.25) is 0 Å². The summed E-state index contributed by atoms with van der Waals surface area (Å²) in [5, 5.41) is 6.19. The van der Waals surface area contributed by atoms with E-state index >= 15 is 0 Å². The van der Waals surface area contributed by atoms with Gasteiger partial charge in [0.1, 0.15) is 0 Å². The van der Waals surface area contributed by atoms with Crippen molar-refractivity contribution in [3.05, 3.63) is 21.9 Å². The molecule has 0 bridgehead atoms. The van der Waals surface area contributed by atoms with Gasteiger partial charge in [-0.2, -0.15) is 0 Å². The number of hydrogen-bond acceptors (Lipinski definition) is 2. The Kier molecular flexibility index (Phi) is 2.60. The zero-order chi connectivity index (χ0) is 11.2. The fraction of sp³-hybridized carbons (Fsp3) is 0.714. The van der Waals surface area contributed by atoms with Crippen LogP contribution in [0.1, 0.15) is 50.0 Å². The van der Waals surface area contributed by atoms with Crippen molar-refractivity contribution in [3.63, 3.8) is 0 Å². The van der Waals surface area contributed by atoms with E-state index in [0.29, 0.717) is 11.6 Å². The van der Waals surface area contributed by atoms with E-state index in [1.165, 1.54) is 32.1 Å². The minimum Gasteiger partial charge on any atom is -0.304 e. The Morgan fingerprint density at radius 1 is 1.31 bits per heavy atom. The van der Waals surface area contributed by atoms with E-state index in [1.54, 1.807) is 10.4 Å². The molecule has 2 heteroatoms. The minimum atomic E-state index is 0.341. The third-order valence-corrected chi connectivity index (χ3v) is 5.52. The molecule has 1 nitrogen and oxygen atoms in total. The lowest BCUT2D eigenvalue weighted by molar-refractivity contribution is 0.172. The Bertz CT molecular complexity index is 374. The Balaban J connectivity index is 1.96. The number of fused-ring (bicyclic) bond motifs is 2. The van der Waals surface area contributed by atoms with Crippen molar-refractivity contribution in [2.24, 2.45) is 5.92 Å². The van der Waals surface area contributed by atoms with Gasteiger partial charge < -0.3 is 5.32 Å². The second kappa shape index (κ2) is 3.85. The molecule has 1 aromatic heterocycles.